The molecule has 0 saturated carbocycles. The van der Waals surface area contributed by atoms with Crippen molar-refractivity contribution in [3.05, 3.63) is 83.0 Å². The van der Waals surface area contributed by atoms with Crippen molar-refractivity contribution in [2.24, 2.45) is 0 Å². The Bertz CT molecular complexity index is 1220. The van der Waals surface area contributed by atoms with Crippen molar-refractivity contribution in [3.63, 3.8) is 0 Å². The van der Waals surface area contributed by atoms with E-state index in [1.165, 1.54) is 16.6 Å². The molecule has 0 bridgehead atoms. The second kappa shape index (κ2) is 9.07. The first-order chi connectivity index (χ1) is 14.7. The van der Waals surface area contributed by atoms with Gasteiger partial charge in [-0.2, -0.15) is 0 Å². The van der Waals surface area contributed by atoms with Gasteiger partial charge in [0.15, 0.2) is 0 Å². The number of benzene rings is 3. The summed E-state index contributed by atoms with van der Waals surface area (Å²) in [6, 6.07) is 21.8. The van der Waals surface area contributed by atoms with Gasteiger partial charge in [0.1, 0.15) is 0 Å². The number of ether oxygens (including phenoxy) is 2. The maximum atomic E-state index is 12.5. The van der Waals surface area contributed by atoms with E-state index in [1.54, 1.807) is 13.2 Å². The first kappa shape index (κ1) is 20.1. The molecule has 6 heteroatoms. The first-order valence-electron chi connectivity index (χ1n) is 9.40. The van der Waals surface area contributed by atoms with Gasteiger partial charge < -0.3 is 0 Å². The third kappa shape index (κ3) is 4.35. The average molecular weight is 467 g/mol. The van der Waals surface area contributed by atoms with Gasteiger partial charge in [-0.3, -0.25) is 0 Å². The molecule has 0 atom stereocenters. The van der Waals surface area contributed by atoms with E-state index in [1.807, 2.05) is 48.5 Å². The Labute approximate surface area is 180 Å². The number of para-hydroxylation sites is 1. The molecule has 0 saturated heterocycles. The van der Waals surface area contributed by atoms with Crippen LogP contribution in [0.25, 0.3) is 22.3 Å². The van der Waals surface area contributed by atoms with E-state index in [9.17, 15) is 9.90 Å². The summed E-state index contributed by atoms with van der Waals surface area (Å²) in [5.41, 5.74) is 0.798. The minimum atomic E-state index is -0.293. The third-order valence-electron chi connectivity index (χ3n) is 4.52. The Kier molecular flexibility index (Phi) is 6.07. The Morgan fingerprint density at radius 3 is 2.57 bits per heavy atom. The van der Waals surface area contributed by atoms with Crippen molar-refractivity contribution in [3.8, 4) is 28.6 Å². The van der Waals surface area contributed by atoms with E-state index >= 15 is 0 Å². The van der Waals surface area contributed by atoms with Crippen molar-refractivity contribution in [1.29, 1.82) is 0 Å². The standard InChI is InChI=1S/C24H20O5Se/c1-27-20-9-5-6-10-23(20)30-12-11-28-17-13-18(25)24-19(26)15-21(29-22(24)14-17)16-7-3-2-4-8-16/h2-10,13-15,25H,11-12H2,1H3. The van der Waals surface area contributed by atoms with E-state index in [4.69, 9.17) is 13.9 Å². The molecule has 1 N–H and O–H groups in total. The quantitative estimate of drug-likeness (QED) is 0.329. The third-order valence-corrected chi connectivity index (χ3v) is 6.66. The normalized spacial score (nSPS) is 10.8. The fourth-order valence-corrected chi connectivity index (χ4v) is 4.91. The Balaban J connectivity index is 1.52. The molecule has 4 aromatic rings. The summed E-state index contributed by atoms with van der Waals surface area (Å²) >= 11 is 0.193. The molecule has 3 aromatic carbocycles. The van der Waals surface area contributed by atoms with Crippen LogP contribution in [0.2, 0.25) is 5.32 Å². The maximum absolute atomic E-state index is 12.5. The van der Waals surface area contributed by atoms with E-state index in [0.29, 0.717) is 23.7 Å². The molecule has 0 aliphatic rings. The summed E-state index contributed by atoms with van der Waals surface area (Å²) in [6.45, 7) is 0.478. The van der Waals surface area contributed by atoms with Gasteiger partial charge in [0.05, 0.1) is 0 Å². The molecule has 1 aromatic heterocycles. The number of phenols is 1. The molecular weight excluding hydrogens is 447 g/mol. The van der Waals surface area contributed by atoms with Gasteiger partial charge in [0.25, 0.3) is 0 Å². The fourth-order valence-electron chi connectivity index (χ4n) is 3.12. The van der Waals surface area contributed by atoms with E-state index < -0.39 is 0 Å². The summed E-state index contributed by atoms with van der Waals surface area (Å²) < 4.78 is 18.3. The predicted molar refractivity (Wildman–Crippen MR) is 118 cm³/mol. The van der Waals surface area contributed by atoms with Crippen molar-refractivity contribution in [2.75, 3.05) is 13.7 Å². The average Bonchev–Trinajstić information content (AvgIpc) is 2.77. The van der Waals surface area contributed by atoms with Crippen LogP contribution in [0.5, 0.6) is 17.2 Å². The number of rotatable bonds is 7. The zero-order valence-electron chi connectivity index (χ0n) is 16.3. The predicted octanol–water partition coefficient (Wildman–Crippen LogP) is 4.00. The van der Waals surface area contributed by atoms with Crippen LogP contribution >= 0.6 is 0 Å². The Morgan fingerprint density at radius 2 is 1.77 bits per heavy atom. The monoisotopic (exact) mass is 468 g/mol. The zero-order chi connectivity index (χ0) is 20.9. The Hall–Kier alpha value is -3.21. The van der Waals surface area contributed by atoms with Crippen molar-refractivity contribution < 1.29 is 19.0 Å². The van der Waals surface area contributed by atoms with Gasteiger partial charge in [-0.05, 0) is 0 Å². The molecule has 152 valence electrons. The number of methoxy groups -OCH3 is 1. The molecule has 0 radical (unpaired) electrons. The summed E-state index contributed by atoms with van der Waals surface area (Å²) in [6.07, 6.45) is 0. The van der Waals surface area contributed by atoms with E-state index in [2.05, 4.69) is 6.07 Å². The molecule has 0 aliphatic carbocycles. The van der Waals surface area contributed by atoms with Gasteiger partial charge in [-0.25, -0.2) is 0 Å². The topological polar surface area (TPSA) is 68.9 Å². The first-order valence-corrected chi connectivity index (χ1v) is 11.5. The molecule has 0 spiro atoms. The molecule has 30 heavy (non-hydrogen) atoms. The summed E-state index contributed by atoms with van der Waals surface area (Å²) in [5, 5.41) is 11.3. The molecule has 0 aliphatic heterocycles. The molecule has 0 amide bonds. The zero-order valence-corrected chi connectivity index (χ0v) is 18.0. The van der Waals surface area contributed by atoms with Crippen LogP contribution in [-0.2, 0) is 0 Å². The number of phenolic OH excluding ortho intramolecular Hbond substituents is 1. The van der Waals surface area contributed by atoms with Crippen molar-refractivity contribution in [1.82, 2.24) is 0 Å². The molecule has 0 fully saturated rings. The van der Waals surface area contributed by atoms with Gasteiger partial charge in [0, 0.05) is 0 Å². The summed E-state index contributed by atoms with van der Waals surface area (Å²) in [4.78, 5) is 12.5. The van der Waals surface area contributed by atoms with Gasteiger partial charge in [-0.15, -0.1) is 0 Å². The van der Waals surface area contributed by atoms with Gasteiger partial charge >= 0.3 is 180 Å². The molecule has 1 heterocycles. The van der Waals surface area contributed by atoms with Gasteiger partial charge in [0.2, 0.25) is 0 Å². The molecule has 5 nitrogen and oxygen atoms in total. The minimum absolute atomic E-state index is 0.147. The number of aromatic hydroxyl groups is 1. The molecule has 4 rings (SSSR count). The second-order valence-electron chi connectivity index (χ2n) is 6.50. The van der Waals surface area contributed by atoms with Crippen molar-refractivity contribution >= 4 is 30.4 Å². The number of hydrogen-bond donors (Lipinski definition) is 1. The number of hydrogen-bond acceptors (Lipinski definition) is 5. The van der Waals surface area contributed by atoms with Crippen molar-refractivity contribution in [2.45, 2.75) is 5.32 Å². The number of fused-ring (bicyclic) bond motifs is 1. The van der Waals surface area contributed by atoms with Crippen LogP contribution in [0, 0.1) is 0 Å². The van der Waals surface area contributed by atoms with E-state index in [0.717, 1.165) is 16.6 Å². The van der Waals surface area contributed by atoms with E-state index in [-0.39, 0.29) is 31.5 Å². The SMILES string of the molecule is COc1ccccc1[Se]CCOc1cc(O)c2c(=O)cc(-c3ccccc3)oc2c1. The van der Waals surface area contributed by atoms with Crippen LogP contribution in [-0.4, -0.2) is 33.8 Å². The summed E-state index contributed by atoms with van der Waals surface area (Å²) in [7, 11) is 1.67. The second-order valence-corrected chi connectivity index (χ2v) is 8.89. The molecular formula is C24H20O5Se. The molecule has 0 unspecified atom stereocenters. The van der Waals surface area contributed by atoms with Crippen LogP contribution in [0.1, 0.15) is 0 Å². The summed E-state index contributed by atoms with van der Waals surface area (Å²) in [5.74, 6) is 1.65. The van der Waals surface area contributed by atoms with Crippen LogP contribution in [0.15, 0.2) is 82.0 Å². The van der Waals surface area contributed by atoms with Crippen LogP contribution in [0.3, 0.4) is 0 Å². The Morgan fingerprint density at radius 1 is 1.00 bits per heavy atom. The fraction of sp³-hybridized carbons (Fsp3) is 0.125. The van der Waals surface area contributed by atoms with Crippen LogP contribution < -0.4 is 19.4 Å². The van der Waals surface area contributed by atoms with Gasteiger partial charge in [-0.1, -0.05) is 0 Å². The van der Waals surface area contributed by atoms with Crippen LogP contribution in [0.4, 0.5) is 0 Å².